The number of hydrogen-bond donors (Lipinski definition) is 2. The van der Waals surface area contributed by atoms with Gasteiger partial charge in [0, 0.05) is 30.6 Å². The predicted octanol–water partition coefficient (Wildman–Crippen LogP) is 5.33. The summed E-state index contributed by atoms with van der Waals surface area (Å²) >= 11 is 0. The molecule has 2 N–H and O–H groups in total. The first-order valence-electron chi connectivity index (χ1n) is 14.0. The highest BCUT2D eigenvalue weighted by atomic mass is 19.1. The second kappa shape index (κ2) is 13.6. The molecule has 0 atom stereocenters. The minimum Gasteiger partial charge on any atom is -0.493 e. The third kappa shape index (κ3) is 7.85. The van der Waals surface area contributed by atoms with Gasteiger partial charge in [0.1, 0.15) is 5.82 Å². The largest absolute Gasteiger partial charge is 0.493 e. The van der Waals surface area contributed by atoms with E-state index in [2.05, 4.69) is 15.5 Å². The lowest BCUT2D eigenvalue weighted by atomic mass is 9.73. The van der Waals surface area contributed by atoms with Crippen LogP contribution in [0.3, 0.4) is 0 Å². The first kappa shape index (κ1) is 30.1. The van der Waals surface area contributed by atoms with Gasteiger partial charge in [0.2, 0.25) is 5.91 Å². The normalized spacial score (nSPS) is 14.4. The Morgan fingerprint density at radius 1 is 0.829 bits per heavy atom. The Morgan fingerprint density at radius 3 is 2.05 bits per heavy atom. The minimum absolute atomic E-state index is 0.0335. The number of methoxy groups -OCH3 is 2. The lowest BCUT2D eigenvalue weighted by Crippen LogP contribution is -2.46. The quantitative estimate of drug-likeness (QED) is 0.331. The summed E-state index contributed by atoms with van der Waals surface area (Å²) in [5.41, 5.74) is 2.99. The summed E-state index contributed by atoms with van der Waals surface area (Å²) < 4.78 is 23.8. The fourth-order valence-corrected chi connectivity index (χ4v) is 5.31. The van der Waals surface area contributed by atoms with Crippen LogP contribution >= 0.6 is 0 Å². The zero-order valence-corrected chi connectivity index (χ0v) is 24.3. The number of benzene rings is 3. The molecule has 218 valence electrons. The second-order valence-corrected chi connectivity index (χ2v) is 11.2. The van der Waals surface area contributed by atoms with E-state index < -0.39 is 5.41 Å². The lowest BCUT2D eigenvalue weighted by molar-refractivity contribution is -0.133. The molecule has 7 nitrogen and oxygen atoms in total. The maximum absolute atomic E-state index is 13.2. The van der Waals surface area contributed by atoms with Crippen LogP contribution in [0.15, 0.2) is 66.7 Å². The van der Waals surface area contributed by atoms with Crippen LogP contribution in [0.2, 0.25) is 0 Å². The number of hydrogen-bond acceptors (Lipinski definition) is 5. The highest BCUT2D eigenvalue weighted by molar-refractivity contribution is 5.94. The predicted molar refractivity (Wildman–Crippen MR) is 157 cm³/mol. The zero-order valence-electron chi connectivity index (χ0n) is 24.3. The van der Waals surface area contributed by atoms with Crippen molar-refractivity contribution in [2.75, 3.05) is 27.3 Å². The van der Waals surface area contributed by atoms with Gasteiger partial charge in [-0.2, -0.15) is 0 Å². The fraction of sp³-hybridized carbons (Fsp3) is 0.394. The summed E-state index contributed by atoms with van der Waals surface area (Å²) in [6, 6.07) is 19.5. The van der Waals surface area contributed by atoms with Crippen molar-refractivity contribution in [1.29, 1.82) is 0 Å². The summed E-state index contributed by atoms with van der Waals surface area (Å²) in [4.78, 5) is 28.2. The van der Waals surface area contributed by atoms with E-state index in [1.807, 2.05) is 56.3 Å². The first-order chi connectivity index (χ1) is 19.7. The molecule has 1 heterocycles. The summed E-state index contributed by atoms with van der Waals surface area (Å²) in [6.07, 6.45) is 1.88. The van der Waals surface area contributed by atoms with Crippen molar-refractivity contribution in [2.24, 2.45) is 11.3 Å². The molecule has 4 rings (SSSR count). The molecule has 1 aliphatic rings. The SMILES string of the molecule is COc1ccc(CNC(=O)c2ccc(CNC(=O)C(C)(C)C3CCN(Cc4ccc(F)cc4)CC3)cc2)cc1OC. The minimum atomic E-state index is -0.494. The van der Waals surface area contributed by atoms with E-state index in [1.54, 1.807) is 26.4 Å². The van der Waals surface area contributed by atoms with Crippen LogP contribution in [-0.2, 0) is 24.4 Å². The Bertz CT molecular complexity index is 1320. The van der Waals surface area contributed by atoms with Crippen LogP contribution in [0, 0.1) is 17.2 Å². The van der Waals surface area contributed by atoms with Gasteiger partial charge in [-0.05, 0) is 84.9 Å². The van der Waals surface area contributed by atoms with Gasteiger partial charge >= 0.3 is 0 Å². The maximum atomic E-state index is 13.2. The van der Waals surface area contributed by atoms with Crippen molar-refractivity contribution in [3.63, 3.8) is 0 Å². The monoisotopic (exact) mass is 561 g/mol. The number of carbonyl (C=O) groups excluding carboxylic acids is 2. The van der Waals surface area contributed by atoms with E-state index in [0.717, 1.165) is 49.2 Å². The summed E-state index contributed by atoms with van der Waals surface area (Å²) in [7, 11) is 3.16. The van der Waals surface area contributed by atoms with Crippen LogP contribution in [0.1, 0.15) is 53.7 Å². The summed E-state index contributed by atoms with van der Waals surface area (Å²) in [5.74, 6) is 1.17. The molecule has 1 aliphatic heterocycles. The average molecular weight is 562 g/mol. The van der Waals surface area contributed by atoms with Crippen LogP contribution < -0.4 is 20.1 Å². The van der Waals surface area contributed by atoms with Crippen molar-refractivity contribution in [1.82, 2.24) is 15.5 Å². The van der Waals surface area contributed by atoms with Gasteiger partial charge in [0.15, 0.2) is 11.5 Å². The smallest absolute Gasteiger partial charge is 0.251 e. The molecule has 3 aromatic carbocycles. The number of piperidine rings is 1. The zero-order chi connectivity index (χ0) is 29.4. The van der Waals surface area contributed by atoms with E-state index in [1.165, 1.54) is 12.1 Å². The molecular weight excluding hydrogens is 521 g/mol. The van der Waals surface area contributed by atoms with Crippen LogP contribution in [-0.4, -0.2) is 44.0 Å². The first-order valence-corrected chi connectivity index (χ1v) is 14.0. The summed E-state index contributed by atoms with van der Waals surface area (Å²) in [6.45, 7) is 7.42. The van der Waals surface area contributed by atoms with Gasteiger partial charge in [-0.3, -0.25) is 14.5 Å². The second-order valence-electron chi connectivity index (χ2n) is 11.2. The number of nitrogens with zero attached hydrogens (tertiary/aromatic N) is 1. The Balaban J connectivity index is 1.22. The van der Waals surface area contributed by atoms with Gasteiger partial charge in [-0.1, -0.05) is 44.2 Å². The number of likely N-dealkylation sites (tertiary alicyclic amines) is 1. The third-order valence-corrected chi connectivity index (χ3v) is 8.08. The molecule has 2 amide bonds. The number of halogens is 1. The van der Waals surface area contributed by atoms with Crippen LogP contribution in [0.4, 0.5) is 4.39 Å². The maximum Gasteiger partial charge on any atom is 0.251 e. The molecular formula is C33H40FN3O4. The molecule has 3 aromatic rings. The molecule has 0 aromatic heterocycles. The number of rotatable bonds is 11. The van der Waals surface area contributed by atoms with Crippen LogP contribution in [0.25, 0.3) is 0 Å². The van der Waals surface area contributed by atoms with Crippen molar-refractivity contribution < 1.29 is 23.5 Å². The van der Waals surface area contributed by atoms with E-state index in [0.29, 0.717) is 30.2 Å². The standard InChI is InChI=1S/C33H40FN3O4/c1-33(2,27-15-17-37(18-16-27)22-24-7-12-28(34)13-8-24)32(39)36-20-23-5-10-26(11-6-23)31(38)35-21-25-9-14-29(40-3)30(19-25)41-4/h5-14,19,27H,15-18,20-22H2,1-4H3,(H,35,38)(H,36,39). The van der Waals surface area contributed by atoms with Gasteiger partial charge in [0.05, 0.1) is 14.2 Å². The number of nitrogens with one attached hydrogen (secondary N) is 2. The van der Waals surface area contributed by atoms with Gasteiger partial charge < -0.3 is 20.1 Å². The summed E-state index contributed by atoms with van der Waals surface area (Å²) in [5, 5.41) is 6.02. The molecule has 1 saturated heterocycles. The highest BCUT2D eigenvalue weighted by Crippen LogP contribution is 2.35. The Kier molecular flexibility index (Phi) is 10.00. The fourth-order valence-electron chi connectivity index (χ4n) is 5.31. The van der Waals surface area contributed by atoms with Gasteiger partial charge in [0.25, 0.3) is 5.91 Å². The molecule has 1 fully saturated rings. The molecule has 0 radical (unpaired) electrons. The molecule has 0 spiro atoms. The molecule has 8 heteroatoms. The molecule has 41 heavy (non-hydrogen) atoms. The van der Waals surface area contributed by atoms with E-state index in [-0.39, 0.29) is 23.5 Å². The van der Waals surface area contributed by atoms with Gasteiger partial charge in [-0.15, -0.1) is 0 Å². The number of carbonyl (C=O) groups is 2. The molecule has 0 saturated carbocycles. The Labute approximate surface area is 242 Å². The third-order valence-electron chi connectivity index (χ3n) is 8.08. The van der Waals surface area contributed by atoms with E-state index in [4.69, 9.17) is 9.47 Å². The Morgan fingerprint density at radius 2 is 1.41 bits per heavy atom. The molecule has 0 unspecified atom stereocenters. The number of ether oxygens (including phenoxy) is 2. The van der Waals surface area contributed by atoms with Crippen molar-refractivity contribution >= 4 is 11.8 Å². The lowest BCUT2D eigenvalue weighted by Gasteiger charge is -2.39. The van der Waals surface area contributed by atoms with Crippen molar-refractivity contribution in [3.05, 3.63) is 94.8 Å². The average Bonchev–Trinajstić information content (AvgIpc) is 3.00. The highest BCUT2D eigenvalue weighted by Gasteiger charge is 2.38. The van der Waals surface area contributed by atoms with Crippen molar-refractivity contribution in [3.8, 4) is 11.5 Å². The molecule has 0 bridgehead atoms. The van der Waals surface area contributed by atoms with Crippen molar-refractivity contribution in [2.45, 2.75) is 46.3 Å². The van der Waals surface area contributed by atoms with E-state index in [9.17, 15) is 14.0 Å². The molecule has 0 aliphatic carbocycles. The number of amides is 2. The van der Waals surface area contributed by atoms with Gasteiger partial charge in [-0.25, -0.2) is 4.39 Å². The topological polar surface area (TPSA) is 79.9 Å². The Hall–Kier alpha value is -3.91. The van der Waals surface area contributed by atoms with Crippen LogP contribution in [0.5, 0.6) is 11.5 Å². The van der Waals surface area contributed by atoms with E-state index >= 15 is 0 Å².